The molecule has 102 valence electrons. The molecular formula is C14H21BFN3. The van der Waals surface area contributed by atoms with Crippen LogP contribution in [-0.2, 0) is 0 Å². The fraction of sp³-hybridized carbons (Fsp3) is 0.500. The first-order valence-corrected chi connectivity index (χ1v) is 6.90. The number of halogens is 1. The molecule has 0 spiro atoms. The molecule has 0 bridgehead atoms. The van der Waals surface area contributed by atoms with E-state index < -0.39 is 5.83 Å². The molecule has 1 heterocycles. The molecule has 0 aromatic rings. The van der Waals surface area contributed by atoms with E-state index in [9.17, 15) is 4.39 Å². The monoisotopic (exact) mass is 261 g/mol. The number of nitrogens with one attached hydrogen (secondary N) is 2. The molecule has 19 heavy (non-hydrogen) atoms. The standard InChI is InChI=1S/C14H21BFN3/c1-9-6-12(16)13(17)11(7-15-3)14(9)19-5-4-18-10(2)8-19/h6-7,10,15,17-18H,4-5,8H2,1-3H3/b11-7+,17-13?/t10-/m0/s1. The van der Waals surface area contributed by atoms with Crippen molar-refractivity contribution in [3.63, 3.8) is 0 Å². The summed E-state index contributed by atoms with van der Waals surface area (Å²) in [6.07, 6.45) is 1.48. The third-order valence-electron chi connectivity index (χ3n) is 3.57. The second kappa shape index (κ2) is 5.74. The molecule has 1 atom stereocenters. The minimum Gasteiger partial charge on any atom is -0.368 e. The molecule has 2 rings (SSSR count). The van der Waals surface area contributed by atoms with E-state index in [-0.39, 0.29) is 5.71 Å². The average molecular weight is 261 g/mol. The highest BCUT2D eigenvalue weighted by Crippen LogP contribution is 2.30. The van der Waals surface area contributed by atoms with Crippen molar-refractivity contribution in [1.82, 2.24) is 10.2 Å². The molecular weight excluding hydrogens is 240 g/mol. The minimum atomic E-state index is -0.427. The van der Waals surface area contributed by atoms with Gasteiger partial charge >= 0.3 is 0 Å². The fourth-order valence-electron chi connectivity index (χ4n) is 2.75. The molecule has 1 saturated heterocycles. The van der Waals surface area contributed by atoms with Crippen molar-refractivity contribution in [3.05, 3.63) is 34.7 Å². The lowest BCUT2D eigenvalue weighted by Crippen LogP contribution is -2.49. The van der Waals surface area contributed by atoms with E-state index in [0.29, 0.717) is 6.04 Å². The van der Waals surface area contributed by atoms with E-state index in [1.807, 2.05) is 19.7 Å². The molecule has 1 aliphatic carbocycles. The van der Waals surface area contributed by atoms with E-state index in [1.165, 1.54) is 6.08 Å². The Labute approximate surface area is 115 Å². The van der Waals surface area contributed by atoms with Gasteiger partial charge in [0.2, 0.25) is 0 Å². The van der Waals surface area contributed by atoms with Crippen molar-refractivity contribution >= 4 is 13.0 Å². The van der Waals surface area contributed by atoms with E-state index in [2.05, 4.69) is 17.1 Å². The zero-order valence-corrected chi connectivity index (χ0v) is 11.9. The zero-order chi connectivity index (χ0) is 14.0. The summed E-state index contributed by atoms with van der Waals surface area (Å²) in [5, 5.41) is 11.4. The van der Waals surface area contributed by atoms with Crippen LogP contribution in [-0.4, -0.2) is 43.6 Å². The minimum absolute atomic E-state index is 0.0219. The van der Waals surface area contributed by atoms with Gasteiger partial charge in [-0.05, 0) is 25.5 Å². The highest BCUT2D eigenvalue weighted by atomic mass is 19.1. The Morgan fingerprint density at radius 3 is 2.95 bits per heavy atom. The number of allylic oxidation sites excluding steroid dienone is 4. The van der Waals surface area contributed by atoms with Gasteiger partial charge < -0.3 is 10.2 Å². The zero-order valence-electron chi connectivity index (χ0n) is 11.9. The Kier molecular flexibility index (Phi) is 4.25. The van der Waals surface area contributed by atoms with Gasteiger partial charge in [0.05, 0.1) is 5.71 Å². The Bertz CT molecular complexity index is 479. The third-order valence-corrected chi connectivity index (χ3v) is 3.57. The lowest BCUT2D eigenvalue weighted by atomic mass is 9.77. The van der Waals surface area contributed by atoms with Crippen molar-refractivity contribution in [2.24, 2.45) is 0 Å². The van der Waals surface area contributed by atoms with Crippen LogP contribution in [0.1, 0.15) is 13.8 Å². The number of hydrogen-bond acceptors (Lipinski definition) is 3. The maximum Gasteiger partial charge on any atom is 0.149 e. The summed E-state index contributed by atoms with van der Waals surface area (Å²) in [5.74, 6) is 1.53. The number of hydrogen-bond donors (Lipinski definition) is 2. The molecule has 1 fully saturated rings. The van der Waals surface area contributed by atoms with E-state index in [0.717, 1.165) is 43.8 Å². The molecule has 0 radical (unpaired) electrons. The fourth-order valence-corrected chi connectivity index (χ4v) is 2.75. The van der Waals surface area contributed by atoms with Crippen LogP contribution in [0.5, 0.6) is 0 Å². The molecule has 5 heteroatoms. The van der Waals surface area contributed by atoms with Crippen molar-refractivity contribution < 1.29 is 4.39 Å². The Morgan fingerprint density at radius 2 is 2.32 bits per heavy atom. The second-order valence-electron chi connectivity index (χ2n) is 5.23. The highest BCUT2D eigenvalue weighted by Gasteiger charge is 2.27. The first kappa shape index (κ1) is 14.1. The van der Waals surface area contributed by atoms with E-state index >= 15 is 0 Å². The van der Waals surface area contributed by atoms with Crippen LogP contribution in [0, 0.1) is 5.41 Å². The first-order valence-electron chi connectivity index (χ1n) is 6.90. The Morgan fingerprint density at radius 1 is 1.58 bits per heavy atom. The van der Waals surface area contributed by atoms with Gasteiger partial charge in [-0.25, -0.2) is 4.39 Å². The smallest absolute Gasteiger partial charge is 0.149 e. The van der Waals surface area contributed by atoms with Crippen molar-refractivity contribution in [2.75, 3.05) is 19.6 Å². The maximum absolute atomic E-state index is 13.7. The predicted octanol–water partition coefficient (Wildman–Crippen LogP) is 1.81. The second-order valence-corrected chi connectivity index (χ2v) is 5.23. The van der Waals surface area contributed by atoms with Crippen LogP contribution in [0.25, 0.3) is 0 Å². The van der Waals surface area contributed by atoms with Gasteiger partial charge in [-0.2, -0.15) is 0 Å². The van der Waals surface area contributed by atoms with Crippen LogP contribution >= 0.6 is 0 Å². The molecule has 2 aliphatic rings. The summed E-state index contributed by atoms with van der Waals surface area (Å²) in [6, 6.07) is 0.418. The topological polar surface area (TPSA) is 39.1 Å². The summed E-state index contributed by atoms with van der Waals surface area (Å²) in [7, 11) is 0.809. The normalized spacial score (nSPS) is 26.8. The molecule has 0 unspecified atom stereocenters. The van der Waals surface area contributed by atoms with Gasteiger partial charge in [-0.15, -0.1) is 5.98 Å². The summed E-state index contributed by atoms with van der Waals surface area (Å²) in [4.78, 5) is 2.27. The van der Waals surface area contributed by atoms with Crippen molar-refractivity contribution in [3.8, 4) is 0 Å². The number of rotatable bonds is 2. The van der Waals surface area contributed by atoms with Crippen LogP contribution < -0.4 is 5.32 Å². The largest absolute Gasteiger partial charge is 0.368 e. The molecule has 3 nitrogen and oxygen atoms in total. The summed E-state index contributed by atoms with van der Waals surface area (Å²) < 4.78 is 13.7. The lowest BCUT2D eigenvalue weighted by molar-refractivity contribution is 0.259. The highest BCUT2D eigenvalue weighted by molar-refractivity contribution is 6.42. The average Bonchev–Trinajstić information content (AvgIpc) is 2.36. The van der Waals surface area contributed by atoms with E-state index in [1.54, 1.807) is 0 Å². The quantitative estimate of drug-likeness (QED) is 0.744. The van der Waals surface area contributed by atoms with Crippen LogP contribution in [0.3, 0.4) is 0 Å². The molecule has 2 N–H and O–H groups in total. The SMILES string of the molecule is CB/C=C1\C(=N)C(F)=CC(C)=C1N1CCN[C@@H](C)C1. The van der Waals surface area contributed by atoms with Crippen LogP contribution in [0.4, 0.5) is 4.39 Å². The molecule has 0 aromatic heterocycles. The number of piperazine rings is 1. The Hall–Kier alpha value is -1.36. The third kappa shape index (κ3) is 2.81. The van der Waals surface area contributed by atoms with Gasteiger partial charge in [0.15, 0.2) is 0 Å². The van der Waals surface area contributed by atoms with Gasteiger partial charge in [-0.3, -0.25) is 5.41 Å². The summed E-state index contributed by atoms with van der Waals surface area (Å²) in [6.45, 7) is 8.82. The maximum atomic E-state index is 13.7. The number of nitrogens with zero attached hydrogens (tertiary/aromatic N) is 1. The summed E-state index contributed by atoms with van der Waals surface area (Å²) >= 11 is 0. The molecule has 1 aliphatic heterocycles. The van der Waals surface area contributed by atoms with E-state index in [4.69, 9.17) is 5.41 Å². The predicted molar refractivity (Wildman–Crippen MR) is 79.8 cm³/mol. The van der Waals surface area contributed by atoms with Crippen LogP contribution in [0.15, 0.2) is 34.7 Å². The van der Waals surface area contributed by atoms with Gasteiger partial charge in [0.1, 0.15) is 13.1 Å². The molecule has 0 aromatic carbocycles. The Balaban J connectivity index is 2.40. The molecule has 0 saturated carbocycles. The van der Waals surface area contributed by atoms with Crippen molar-refractivity contribution in [2.45, 2.75) is 26.7 Å². The first-order chi connectivity index (χ1) is 9.04. The lowest BCUT2D eigenvalue weighted by Gasteiger charge is -2.38. The van der Waals surface area contributed by atoms with Gasteiger partial charge in [0.25, 0.3) is 0 Å². The van der Waals surface area contributed by atoms with Crippen LogP contribution in [0.2, 0.25) is 6.82 Å². The van der Waals surface area contributed by atoms with Crippen molar-refractivity contribution in [1.29, 1.82) is 5.41 Å². The molecule has 0 amide bonds. The van der Waals surface area contributed by atoms with Gasteiger partial charge in [-0.1, -0.05) is 6.82 Å². The van der Waals surface area contributed by atoms with Gasteiger partial charge in [0, 0.05) is 36.9 Å². The summed E-state index contributed by atoms with van der Waals surface area (Å²) in [5.41, 5.74) is 2.71.